The molecule has 0 atom stereocenters. The molecule has 1 heterocycles. The molecule has 7 nitrogen and oxygen atoms in total. The molecule has 0 unspecified atom stereocenters. The Morgan fingerprint density at radius 2 is 2.04 bits per heavy atom. The lowest BCUT2D eigenvalue weighted by atomic mass is 10.2. The summed E-state index contributed by atoms with van der Waals surface area (Å²) >= 11 is 6.17. The van der Waals surface area contributed by atoms with E-state index < -0.39 is 4.92 Å². The van der Waals surface area contributed by atoms with E-state index >= 15 is 0 Å². The van der Waals surface area contributed by atoms with Gasteiger partial charge < -0.3 is 10.2 Å². The van der Waals surface area contributed by atoms with Gasteiger partial charge in [0.15, 0.2) is 0 Å². The maximum Gasteiger partial charge on any atom is 0.271 e. The normalized spacial score (nSPS) is 15.3. The summed E-state index contributed by atoms with van der Waals surface area (Å²) in [7, 11) is 0. The number of anilines is 1. The van der Waals surface area contributed by atoms with Crippen LogP contribution in [-0.2, 0) is 4.79 Å². The van der Waals surface area contributed by atoms with E-state index in [1.165, 1.54) is 12.1 Å². The number of carbonyl (C=O) groups is 1. The van der Waals surface area contributed by atoms with Gasteiger partial charge in [0.05, 0.1) is 22.2 Å². The maximum absolute atomic E-state index is 11.8. The summed E-state index contributed by atoms with van der Waals surface area (Å²) < 4.78 is 0. The van der Waals surface area contributed by atoms with Crippen LogP contribution in [0.5, 0.6) is 0 Å². The summed E-state index contributed by atoms with van der Waals surface area (Å²) in [5.41, 5.74) is 0.792. The van der Waals surface area contributed by atoms with E-state index in [4.69, 9.17) is 11.6 Å². The molecule has 1 N–H and O–H groups in total. The molecule has 8 heteroatoms. The van der Waals surface area contributed by atoms with E-state index in [0.717, 1.165) is 51.3 Å². The van der Waals surface area contributed by atoms with Crippen LogP contribution in [0.1, 0.15) is 19.8 Å². The number of hydrogen-bond donors (Lipinski definition) is 1. The molecule has 0 aliphatic carbocycles. The molecule has 132 valence electrons. The van der Waals surface area contributed by atoms with Crippen molar-refractivity contribution in [3.05, 3.63) is 33.3 Å². The lowest BCUT2D eigenvalue weighted by Crippen LogP contribution is -2.49. The van der Waals surface area contributed by atoms with Crippen molar-refractivity contribution in [1.82, 2.24) is 10.2 Å². The lowest BCUT2D eigenvalue weighted by molar-refractivity contribution is -0.384. The summed E-state index contributed by atoms with van der Waals surface area (Å²) in [6, 6.07) is 4.53. The number of piperazine rings is 1. The van der Waals surface area contributed by atoms with E-state index in [2.05, 4.69) is 22.0 Å². The van der Waals surface area contributed by atoms with Gasteiger partial charge in [0.25, 0.3) is 5.69 Å². The van der Waals surface area contributed by atoms with Gasteiger partial charge in [-0.3, -0.25) is 19.8 Å². The highest BCUT2D eigenvalue weighted by Gasteiger charge is 2.21. The van der Waals surface area contributed by atoms with Crippen LogP contribution in [0.4, 0.5) is 11.4 Å². The fraction of sp³-hybridized carbons (Fsp3) is 0.562. The molecule has 1 aromatic rings. The highest BCUT2D eigenvalue weighted by molar-refractivity contribution is 6.33. The molecule has 24 heavy (non-hydrogen) atoms. The number of nitro groups is 1. The molecule has 0 aromatic heterocycles. The molecule has 1 aliphatic heterocycles. The summed E-state index contributed by atoms with van der Waals surface area (Å²) in [6.07, 6.45) is 2.06. The van der Waals surface area contributed by atoms with Gasteiger partial charge in [-0.15, -0.1) is 0 Å². The largest absolute Gasteiger partial charge is 0.368 e. The molecule has 1 aliphatic rings. The van der Waals surface area contributed by atoms with Crippen molar-refractivity contribution in [2.45, 2.75) is 19.8 Å². The Morgan fingerprint density at radius 3 is 2.62 bits per heavy atom. The molecular formula is C16H23ClN4O3. The molecule has 1 saturated heterocycles. The van der Waals surface area contributed by atoms with Crippen molar-refractivity contribution in [2.75, 3.05) is 44.2 Å². The molecule has 0 radical (unpaired) electrons. The number of non-ortho nitro benzene ring substituents is 1. The number of rotatable bonds is 7. The molecule has 1 aromatic carbocycles. The fourth-order valence-electron chi connectivity index (χ4n) is 2.68. The van der Waals surface area contributed by atoms with Gasteiger partial charge in [0.1, 0.15) is 0 Å². The third kappa shape index (κ3) is 5.07. The number of nitro benzene ring substituents is 1. The van der Waals surface area contributed by atoms with Crippen LogP contribution in [0.3, 0.4) is 0 Å². The minimum absolute atomic E-state index is 0.00821. The Morgan fingerprint density at radius 1 is 1.33 bits per heavy atom. The van der Waals surface area contributed by atoms with Gasteiger partial charge >= 0.3 is 0 Å². The first kappa shape index (κ1) is 18.5. The number of halogens is 1. The molecule has 2 rings (SSSR count). The molecule has 1 amide bonds. The summed E-state index contributed by atoms with van der Waals surface area (Å²) in [5, 5.41) is 14.1. The topological polar surface area (TPSA) is 78.7 Å². The zero-order valence-corrected chi connectivity index (χ0v) is 14.6. The third-order valence-electron chi connectivity index (χ3n) is 4.07. The van der Waals surface area contributed by atoms with Crippen LogP contribution in [0.2, 0.25) is 5.02 Å². The van der Waals surface area contributed by atoms with Crippen molar-refractivity contribution >= 4 is 28.9 Å². The Kier molecular flexibility index (Phi) is 6.81. The van der Waals surface area contributed by atoms with Crippen LogP contribution in [-0.4, -0.2) is 55.0 Å². The van der Waals surface area contributed by atoms with Gasteiger partial charge in [-0.25, -0.2) is 0 Å². The number of unbranched alkanes of at least 4 members (excludes halogenated alkanes) is 1. The first-order valence-corrected chi connectivity index (χ1v) is 8.57. The van der Waals surface area contributed by atoms with Gasteiger partial charge in [-0.05, 0) is 12.5 Å². The standard InChI is InChI=1S/C16H23ClN4O3/c1-2-3-6-18-16(22)12-19-7-9-20(10-8-19)15-5-4-13(21(23)24)11-14(15)17/h4-5,11H,2-3,6-10,12H2,1H3,(H,18,22). The van der Waals surface area contributed by atoms with Crippen molar-refractivity contribution < 1.29 is 9.72 Å². The minimum Gasteiger partial charge on any atom is -0.368 e. The lowest BCUT2D eigenvalue weighted by Gasteiger charge is -2.36. The number of carbonyl (C=O) groups excluding carboxylic acids is 1. The maximum atomic E-state index is 11.8. The van der Waals surface area contributed by atoms with E-state index in [9.17, 15) is 14.9 Å². The van der Waals surface area contributed by atoms with Crippen LogP contribution in [0, 0.1) is 10.1 Å². The average molecular weight is 355 g/mol. The smallest absolute Gasteiger partial charge is 0.271 e. The van der Waals surface area contributed by atoms with Crippen LogP contribution >= 0.6 is 11.6 Å². The molecule has 0 bridgehead atoms. The molecule has 0 spiro atoms. The van der Waals surface area contributed by atoms with Gasteiger partial charge in [-0.1, -0.05) is 24.9 Å². The van der Waals surface area contributed by atoms with Crippen molar-refractivity contribution in [2.24, 2.45) is 0 Å². The van der Waals surface area contributed by atoms with Crippen molar-refractivity contribution in [3.8, 4) is 0 Å². The second-order valence-electron chi connectivity index (χ2n) is 5.86. The monoisotopic (exact) mass is 354 g/mol. The summed E-state index contributed by atoms with van der Waals surface area (Å²) in [5.74, 6) is 0.0604. The zero-order valence-electron chi connectivity index (χ0n) is 13.8. The van der Waals surface area contributed by atoms with Crippen molar-refractivity contribution in [3.63, 3.8) is 0 Å². The first-order valence-electron chi connectivity index (χ1n) is 8.19. The van der Waals surface area contributed by atoms with E-state index in [1.807, 2.05) is 0 Å². The zero-order chi connectivity index (χ0) is 17.5. The number of amides is 1. The summed E-state index contributed by atoms with van der Waals surface area (Å²) in [6.45, 7) is 6.22. The summed E-state index contributed by atoms with van der Waals surface area (Å²) in [4.78, 5) is 26.4. The average Bonchev–Trinajstić information content (AvgIpc) is 2.56. The Labute approximate surface area is 146 Å². The SMILES string of the molecule is CCCCNC(=O)CN1CCN(c2ccc([N+](=O)[O-])cc2Cl)CC1. The van der Waals surface area contributed by atoms with Gasteiger partial charge in [0, 0.05) is 44.9 Å². The Hall–Kier alpha value is -1.86. The third-order valence-corrected chi connectivity index (χ3v) is 4.38. The molecule has 0 saturated carbocycles. The predicted octanol–water partition coefficient (Wildman–Crippen LogP) is 2.29. The minimum atomic E-state index is -0.454. The second kappa shape index (κ2) is 8.84. The fourth-order valence-corrected chi connectivity index (χ4v) is 2.97. The molecule has 1 fully saturated rings. The van der Waals surface area contributed by atoms with E-state index in [-0.39, 0.29) is 11.6 Å². The van der Waals surface area contributed by atoms with E-state index in [0.29, 0.717) is 11.6 Å². The second-order valence-corrected chi connectivity index (χ2v) is 6.27. The quantitative estimate of drug-likeness (QED) is 0.461. The highest BCUT2D eigenvalue weighted by Crippen LogP contribution is 2.30. The number of benzene rings is 1. The van der Waals surface area contributed by atoms with Crippen LogP contribution in [0.15, 0.2) is 18.2 Å². The number of nitrogens with zero attached hydrogens (tertiary/aromatic N) is 3. The Bertz CT molecular complexity index is 589. The van der Waals surface area contributed by atoms with Crippen molar-refractivity contribution in [1.29, 1.82) is 0 Å². The highest BCUT2D eigenvalue weighted by atomic mass is 35.5. The van der Waals surface area contributed by atoms with Crippen LogP contribution < -0.4 is 10.2 Å². The van der Waals surface area contributed by atoms with Crippen LogP contribution in [0.25, 0.3) is 0 Å². The number of hydrogen-bond acceptors (Lipinski definition) is 5. The first-order chi connectivity index (χ1) is 11.5. The predicted molar refractivity (Wildman–Crippen MR) is 94.7 cm³/mol. The molecular weight excluding hydrogens is 332 g/mol. The van der Waals surface area contributed by atoms with E-state index in [1.54, 1.807) is 6.07 Å². The Balaban J connectivity index is 1.84. The van der Waals surface area contributed by atoms with Gasteiger partial charge in [-0.2, -0.15) is 0 Å². The van der Waals surface area contributed by atoms with Gasteiger partial charge in [0.2, 0.25) is 5.91 Å². The number of nitrogens with one attached hydrogen (secondary N) is 1.